The zero-order valence-corrected chi connectivity index (χ0v) is 27.1. The largest absolute Gasteiger partial charge is 0.444 e. The average molecular weight is 612 g/mol. The molecule has 13 heteroatoms. The van der Waals surface area contributed by atoms with Gasteiger partial charge in [-0.25, -0.2) is 14.4 Å². The van der Waals surface area contributed by atoms with Crippen molar-refractivity contribution in [2.24, 2.45) is 4.99 Å². The number of carbonyl (C=O) groups excluding carboxylic acids is 4. The molecule has 1 rings (SSSR count). The van der Waals surface area contributed by atoms with Crippen LogP contribution >= 0.6 is 11.6 Å². The fourth-order valence-electron chi connectivity index (χ4n) is 3.27. The lowest BCUT2D eigenvalue weighted by Gasteiger charge is -2.26. The second kappa shape index (κ2) is 15.6. The van der Waals surface area contributed by atoms with Crippen LogP contribution in [0.15, 0.2) is 29.3 Å². The van der Waals surface area contributed by atoms with Gasteiger partial charge in [0.2, 0.25) is 11.9 Å². The van der Waals surface area contributed by atoms with Gasteiger partial charge < -0.3 is 24.4 Å². The highest BCUT2D eigenvalue weighted by molar-refractivity contribution is 6.17. The van der Waals surface area contributed by atoms with E-state index in [1.807, 2.05) is 12.1 Å². The number of alkyl carbamates (subject to hydrolysis) is 3. The zero-order chi connectivity index (χ0) is 32.3. The first-order chi connectivity index (χ1) is 19.2. The van der Waals surface area contributed by atoms with Crippen molar-refractivity contribution in [2.45, 2.75) is 104 Å². The Balaban J connectivity index is 3.07. The molecule has 236 valence electrons. The summed E-state index contributed by atoms with van der Waals surface area (Å²) in [5.74, 6) is -0.213. The molecule has 0 aliphatic carbocycles. The standard InChI is InChI=1S/C29H46ClN5O7/c1-27(2,3)40-24(37)32-21(22(36)35(10)20-15-13-19(18-30)14-16-20)12-11-17-31-23(33-25(38)41-28(4,5)6)34-26(39)42-29(7,8)9/h13-16,21H,11-12,17-18H2,1-10H3,(H,32,37)(H2,31,33,34,38,39). The van der Waals surface area contributed by atoms with Crippen molar-refractivity contribution in [3.05, 3.63) is 29.8 Å². The molecule has 1 atom stereocenters. The number of hydrogen-bond acceptors (Lipinski definition) is 8. The van der Waals surface area contributed by atoms with Crippen molar-refractivity contribution < 1.29 is 33.4 Å². The Labute approximate surface area is 253 Å². The molecule has 3 N–H and O–H groups in total. The number of halogens is 1. The summed E-state index contributed by atoms with van der Waals surface area (Å²) in [6.07, 6.45) is -1.91. The lowest BCUT2D eigenvalue weighted by atomic mass is 10.1. The second-order valence-corrected chi connectivity index (χ2v) is 12.8. The van der Waals surface area contributed by atoms with Crippen LogP contribution in [-0.4, -0.2) is 66.6 Å². The molecule has 0 saturated carbocycles. The molecule has 1 unspecified atom stereocenters. The summed E-state index contributed by atoms with van der Waals surface area (Å²) in [5, 5.41) is 7.47. The van der Waals surface area contributed by atoms with Crippen molar-refractivity contribution in [3.63, 3.8) is 0 Å². The van der Waals surface area contributed by atoms with E-state index < -0.39 is 41.1 Å². The van der Waals surface area contributed by atoms with Crippen molar-refractivity contribution in [1.82, 2.24) is 16.0 Å². The molecule has 12 nitrogen and oxygen atoms in total. The number of anilines is 1. The van der Waals surface area contributed by atoms with Crippen molar-refractivity contribution >= 4 is 47.4 Å². The minimum atomic E-state index is -0.950. The Hall–Kier alpha value is -3.54. The first-order valence-corrected chi connectivity index (χ1v) is 14.2. The number of amides is 4. The summed E-state index contributed by atoms with van der Waals surface area (Å²) in [5.41, 5.74) is -0.802. The van der Waals surface area contributed by atoms with Gasteiger partial charge in [-0.1, -0.05) is 12.1 Å². The first-order valence-electron chi connectivity index (χ1n) is 13.7. The highest BCUT2D eigenvalue weighted by atomic mass is 35.5. The van der Waals surface area contributed by atoms with E-state index in [2.05, 4.69) is 20.9 Å². The highest BCUT2D eigenvalue weighted by Crippen LogP contribution is 2.18. The maximum atomic E-state index is 13.4. The van der Waals surface area contributed by atoms with Crippen LogP contribution in [0.2, 0.25) is 0 Å². The van der Waals surface area contributed by atoms with E-state index in [0.717, 1.165) is 5.56 Å². The molecule has 0 radical (unpaired) electrons. The molecule has 1 aromatic rings. The van der Waals surface area contributed by atoms with Gasteiger partial charge in [0.05, 0.1) is 0 Å². The Morgan fingerprint density at radius 2 is 1.26 bits per heavy atom. The fourth-order valence-corrected chi connectivity index (χ4v) is 3.45. The number of hydrogen-bond donors (Lipinski definition) is 3. The number of guanidine groups is 1. The summed E-state index contributed by atoms with van der Waals surface area (Å²) >= 11 is 5.87. The monoisotopic (exact) mass is 611 g/mol. The predicted octanol–water partition coefficient (Wildman–Crippen LogP) is 5.47. The maximum Gasteiger partial charge on any atom is 0.414 e. The lowest BCUT2D eigenvalue weighted by molar-refractivity contribution is -0.120. The van der Waals surface area contributed by atoms with Crippen molar-refractivity contribution in [3.8, 4) is 0 Å². The van der Waals surface area contributed by atoms with E-state index in [0.29, 0.717) is 18.0 Å². The van der Waals surface area contributed by atoms with E-state index in [9.17, 15) is 19.2 Å². The van der Waals surface area contributed by atoms with Crippen LogP contribution < -0.4 is 20.9 Å². The average Bonchev–Trinajstić information content (AvgIpc) is 2.81. The van der Waals surface area contributed by atoms with E-state index in [4.69, 9.17) is 25.8 Å². The van der Waals surface area contributed by atoms with Crippen LogP contribution in [0.1, 0.15) is 80.7 Å². The van der Waals surface area contributed by atoms with Crippen molar-refractivity contribution in [2.75, 3.05) is 18.5 Å². The Morgan fingerprint density at radius 3 is 1.69 bits per heavy atom. The van der Waals surface area contributed by atoms with Crippen molar-refractivity contribution in [1.29, 1.82) is 0 Å². The number of rotatable bonds is 8. The predicted molar refractivity (Wildman–Crippen MR) is 163 cm³/mol. The van der Waals surface area contributed by atoms with Gasteiger partial charge in [-0.2, -0.15) is 0 Å². The maximum absolute atomic E-state index is 13.4. The quantitative estimate of drug-likeness (QED) is 0.116. The van der Waals surface area contributed by atoms with Crippen LogP contribution in [0.5, 0.6) is 0 Å². The topological polar surface area (TPSA) is 148 Å². The van der Waals surface area contributed by atoms with Gasteiger partial charge in [0.1, 0.15) is 22.8 Å². The summed E-state index contributed by atoms with van der Waals surface area (Å²) in [7, 11) is 1.60. The number of alkyl halides is 1. The van der Waals surface area contributed by atoms with E-state index in [1.165, 1.54) is 4.90 Å². The van der Waals surface area contributed by atoms with Gasteiger partial charge in [0.25, 0.3) is 0 Å². The zero-order valence-electron chi connectivity index (χ0n) is 26.3. The molecule has 0 aliphatic heterocycles. The Morgan fingerprint density at radius 1 is 0.810 bits per heavy atom. The molecule has 0 aromatic heterocycles. The number of nitrogens with one attached hydrogen (secondary N) is 3. The molecule has 0 fully saturated rings. The molecule has 0 heterocycles. The fraction of sp³-hybridized carbons (Fsp3) is 0.621. The molecule has 0 spiro atoms. The lowest BCUT2D eigenvalue weighted by Crippen LogP contribution is -2.49. The molecular formula is C29H46ClN5O7. The highest BCUT2D eigenvalue weighted by Gasteiger charge is 2.27. The van der Waals surface area contributed by atoms with E-state index in [-0.39, 0.29) is 24.8 Å². The minimum Gasteiger partial charge on any atom is -0.444 e. The summed E-state index contributed by atoms with van der Waals surface area (Å²) in [4.78, 5) is 56.3. The SMILES string of the molecule is CN(C(=O)C(CCCN=C(NC(=O)OC(C)(C)C)NC(=O)OC(C)(C)C)NC(=O)OC(C)(C)C)c1ccc(CCl)cc1. The number of carbonyl (C=O) groups is 4. The van der Waals surface area contributed by atoms with E-state index in [1.54, 1.807) is 81.5 Å². The van der Waals surface area contributed by atoms with Crippen LogP contribution in [0.3, 0.4) is 0 Å². The van der Waals surface area contributed by atoms with E-state index >= 15 is 0 Å². The summed E-state index contributed by atoms with van der Waals surface area (Å²) < 4.78 is 15.9. The van der Waals surface area contributed by atoms with Gasteiger partial charge in [0, 0.05) is 25.2 Å². The van der Waals surface area contributed by atoms with Gasteiger partial charge in [0.15, 0.2) is 0 Å². The smallest absolute Gasteiger partial charge is 0.414 e. The van der Waals surface area contributed by atoms with Crippen LogP contribution in [0.25, 0.3) is 0 Å². The first kappa shape index (κ1) is 36.5. The van der Waals surface area contributed by atoms with Crippen LogP contribution in [0.4, 0.5) is 20.1 Å². The third kappa shape index (κ3) is 15.5. The molecule has 0 saturated heterocycles. The van der Waals surface area contributed by atoms with Gasteiger partial charge in [-0.15, -0.1) is 11.6 Å². The number of ether oxygens (including phenoxy) is 3. The number of aliphatic imine (C=N–C) groups is 1. The number of likely N-dealkylation sites (N-methyl/N-ethyl adjacent to an activating group) is 1. The molecule has 1 aromatic carbocycles. The second-order valence-electron chi connectivity index (χ2n) is 12.5. The third-order valence-corrected chi connectivity index (χ3v) is 5.27. The normalized spacial score (nSPS) is 12.4. The minimum absolute atomic E-state index is 0.0782. The third-order valence-electron chi connectivity index (χ3n) is 4.96. The summed E-state index contributed by atoms with van der Waals surface area (Å²) in [6.45, 7) is 15.4. The number of nitrogens with zero attached hydrogens (tertiary/aromatic N) is 2. The van der Waals surface area contributed by atoms with Gasteiger partial charge in [-0.05, 0) is 92.9 Å². The molecule has 0 bridgehead atoms. The molecule has 4 amide bonds. The van der Waals surface area contributed by atoms with Crippen LogP contribution in [-0.2, 0) is 24.9 Å². The Bertz CT molecular complexity index is 1070. The summed E-state index contributed by atoms with van der Waals surface area (Å²) in [6, 6.07) is 6.21. The van der Waals surface area contributed by atoms with Gasteiger partial charge >= 0.3 is 18.3 Å². The Kier molecular flexibility index (Phi) is 13.6. The van der Waals surface area contributed by atoms with Gasteiger partial charge in [-0.3, -0.25) is 20.4 Å². The number of benzene rings is 1. The molecular weight excluding hydrogens is 566 g/mol. The molecule has 0 aliphatic rings. The van der Waals surface area contributed by atoms with Crippen LogP contribution in [0, 0.1) is 0 Å². The molecule has 42 heavy (non-hydrogen) atoms.